The highest BCUT2D eigenvalue weighted by molar-refractivity contribution is 5.90. The highest BCUT2D eigenvalue weighted by Gasteiger charge is 2.45. The first-order valence-corrected chi connectivity index (χ1v) is 13.2. The van der Waals surface area contributed by atoms with E-state index in [4.69, 9.17) is 14.5 Å². The normalized spacial score (nSPS) is 17.1. The van der Waals surface area contributed by atoms with E-state index in [-0.39, 0.29) is 41.4 Å². The second kappa shape index (κ2) is 10.7. The van der Waals surface area contributed by atoms with Gasteiger partial charge in [-0.3, -0.25) is 4.79 Å². The van der Waals surface area contributed by atoms with E-state index in [0.29, 0.717) is 48.6 Å². The Kier molecular flexibility index (Phi) is 7.50. The maximum Gasteiger partial charge on any atom is 0.343 e. The van der Waals surface area contributed by atoms with Crippen molar-refractivity contribution in [2.24, 2.45) is 0 Å². The molecule has 8 nitrogen and oxygen atoms in total. The number of hydrogen-bond acceptors (Lipinski definition) is 6. The van der Waals surface area contributed by atoms with E-state index < -0.39 is 11.6 Å². The molecular weight excluding hydrogens is 581 g/mol. The number of aliphatic hydroxyl groups is 1. The molecule has 208 valence electrons. The monoisotopic (exact) mass is 609 g/mol. The van der Waals surface area contributed by atoms with Crippen LogP contribution >= 0.6 is 0 Å². The first-order valence-electron chi connectivity index (χ1n) is 13.2. The zero-order valence-corrected chi connectivity index (χ0v) is 23.8. The number of rotatable bonds is 7. The maximum absolute atomic E-state index is 13.5. The summed E-state index contributed by atoms with van der Waals surface area (Å²) in [5.74, 6) is -0.287. The summed E-state index contributed by atoms with van der Waals surface area (Å²) in [5.41, 5.74) is 2.60. The first kappa shape index (κ1) is 27.9. The molecule has 0 amide bonds. The van der Waals surface area contributed by atoms with Crippen molar-refractivity contribution in [3.8, 4) is 17.1 Å². The van der Waals surface area contributed by atoms with Crippen molar-refractivity contribution in [3.05, 3.63) is 87.2 Å². The van der Waals surface area contributed by atoms with Crippen molar-refractivity contribution in [1.29, 1.82) is 0 Å². The van der Waals surface area contributed by atoms with Crippen LogP contribution in [0.25, 0.3) is 22.3 Å². The molecule has 1 aromatic carbocycles. The largest absolute Gasteiger partial charge is 1.00 e. The van der Waals surface area contributed by atoms with Crippen LogP contribution in [0.15, 0.2) is 53.6 Å². The average molecular weight is 610 g/mol. The molecule has 10 heteroatoms. The third kappa shape index (κ3) is 4.49. The molecule has 2 aliphatic heterocycles. The number of esters is 1. The lowest BCUT2D eigenvalue weighted by Gasteiger charge is -2.31. The molecule has 0 saturated carbocycles. The van der Waals surface area contributed by atoms with E-state index in [1.54, 1.807) is 28.2 Å². The van der Waals surface area contributed by atoms with Crippen molar-refractivity contribution in [2.75, 3.05) is 6.61 Å². The van der Waals surface area contributed by atoms with Crippen LogP contribution in [-0.4, -0.2) is 27.2 Å². The summed E-state index contributed by atoms with van der Waals surface area (Å²) in [6.45, 7) is 5.08. The van der Waals surface area contributed by atoms with Crippen molar-refractivity contribution in [3.63, 3.8) is 0 Å². The van der Waals surface area contributed by atoms with Gasteiger partial charge < -0.3 is 36.1 Å². The third-order valence-electron chi connectivity index (χ3n) is 7.78. The van der Waals surface area contributed by atoms with Gasteiger partial charge in [0.15, 0.2) is 24.2 Å². The van der Waals surface area contributed by atoms with E-state index in [9.17, 15) is 19.1 Å². The molecule has 0 unspecified atom stereocenters. The molecule has 0 aliphatic carbocycles. The highest BCUT2D eigenvalue weighted by atomic mass is 79.9. The van der Waals surface area contributed by atoms with Crippen LogP contribution in [0.1, 0.15) is 48.9 Å². The Morgan fingerprint density at radius 3 is 2.77 bits per heavy atom. The number of carbonyl (C=O) groups excluding carboxylic acids is 1. The quantitative estimate of drug-likeness (QED) is 0.164. The lowest BCUT2D eigenvalue weighted by Crippen LogP contribution is -3.00. The van der Waals surface area contributed by atoms with Crippen LogP contribution < -0.4 is 31.8 Å². The third-order valence-corrected chi connectivity index (χ3v) is 7.78. The number of benzene rings is 1. The van der Waals surface area contributed by atoms with Crippen LogP contribution in [0.3, 0.4) is 0 Å². The summed E-state index contributed by atoms with van der Waals surface area (Å²) in [5, 5.41) is 12.1. The van der Waals surface area contributed by atoms with Gasteiger partial charge in [0.1, 0.15) is 12.4 Å². The predicted molar refractivity (Wildman–Crippen MR) is 141 cm³/mol. The molecule has 0 bridgehead atoms. The molecule has 0 fully saturated rings. The van der Waals surface area contributed by atoms with Crippen molar-refractivity contribution >= 4 is 16.9 Å². The molecule has 40 heavy (non-hydrogen) atoms. The van der Waals surface area contributed by atoms with Gasteiger partial charge in [-0.1, -0.05) is 13.8 Å². The summed E-state index contributed by atoms with van der Waals surface area (Å²) < 4.78 is 28.0. The first-order chi connectivity index (χ1) is 18.8. The van der Waals surface area contributed by atoms with Gasteiger partial charge in [0, 0.05) is 29.0 Å². The Morgan fingerprint density at radius 1 is 1.20 bits per heavy atom. The summed E-state index contributed by atoms with van der Waals surface area (Å²) in [7, 11) is 0. The minimum Gasteiger partial charge on any atom is -1.00 e. The number of fused-ring (bicyclic) bond motifs is 5. The second-order valence-electron chi connectivity index (χ2n) is 10.0. The summed E-state index contributed by atoms with van der Waals surface area (Å²) in [6.07, 6.45) is 4.83. The molecule has 5 heterocycles. The van der Waals surface area contributed by atoms with E-state index in [1.165, 1.54) is 12.3 Å². The number of aryl methyl sites for hydroxylation is 2. The number of carbonyl (C=O) groups is 1. The second-order valence-corrected chi connectivity index (χ2v) is 10.0. The SMILES string of the molecule is CCc1c2c(nc3ccc(OCCC[n+]4cccc(F)c4)cc13)-c1cc3c(c(=O)n1C2)COC(=O)[C@]3(O)CC.[Br-]. The maximum atomic E-state index is 13.5. The fourth-order valence-corrected chi connectivity index (χ4v) is 5.70. The lowest BCUT2D eigenvalue weighted by molar-refractivity contribution is -0.698. The molecule has 6 rings (SSSR count). The lowest BCUT2D eigenvalue weighted by atomic mass is 9.86. The van der Waals surface area contributed by atoms with Crippen molar-refractivity contribution in [2.45, 2.75) is 58.4 Å². The van der Waals surface area contributed by atoms with E-state index >= 15 is 0 Å². The van der Waals surface area contributed by atoms with E-state index in [1.807, 2.05) is 24.4 Å². The Bertz CT molecular complexity index is 1710. The molecule has 0 saturated heterocycles. The molecular formula is C30H29BrFN3O5. The number of ether oxygens (including phenoxy) is 2. The predicted octanol–water partition coefficient (Wildman–Crippen LogP) is 0.542. The van der Waals surface area contributed by atoms with Gasteiger partial charge in [-0.25, -0.2) is 18.7 Å². The Morgan fingerprint density at radius 2 is 2.02 bits per heavy atom. The van der Waals surface area contributed by atoms with E-state index in [0.717, 1.165) is 34.2 Å². The molecule has 4 aromatic rings. The zero-order valence-electron chi connectivity index (χ0n) is 22.2. The summed E-state index contributed by atoms with van der Waals surface area (Å²) in [4.78, 5) is 30.8. The number of hydrogen-bond donors (Lipinski definition) is 1. The van der Waals surface area contributed by atoms with Gasteiger partial charge in [0.2, 0.25) is 6.20 Å². The van der Waals surface area contributed by atoms with Gasteiger partial charge in [0.05, 0.1) is 35.6 Å². The van der Waals surface area contributed by atoms with Gasteiger partial charge in [-0.15, -0.1) is 0 Å². The highest BCUT2D eigenvalue weighted by Crippen LogP contribution is 2.40. The minimum atomic E-state index is -1.85. The van der Waals surface area contributed by atoms with Crippen molar-refractivity contribution < 1.29 is 45.3 Å². The number of pyridine rings is 3. The molecule has 2 aliphatic rings. The fraction of sp³-hybridized carbons (Fsp3) is 0.333. The Balaban J connectivity index is 0.00000323. The standard InChI is InChI=1S/C30H29FN3O5.BrH/c1-3-20-21-13-19(38-12-6-11-33-10-5-7-18(31)15-33)8-9-25(21)32-27-22(20)16-34-26(27)14-24-23(28(34)35)17-39-29(36)30(24,37)4-2;/h5,7-10,13-15,37H,3-4,6,11-12,16-17H2,1-2H3;1H/q+1;/p-1/t30-;/m0./s1. The summed E-state index contributed by atoms with van der Waals surface area (Å²) >= 11 is 0. The van der Waals surface area contributed by atoms with Gasteiger partial charge >= 0.3 is 5.97 Å². The van der Waals surface area contributed by atoms with Crippen molar-refractivity contribution in [1.82, 2.24) is 9.55 Å². The van der Waals surface area contributed by atoms with Gasteiger partial charge in [0.25, 0.3) is 5.56 Å². The number of nitrogens with zero attached hydrogens (tertiary/aromatic N) is 3. The fourth-order valence-electron chi connectivity index (χ4n) is 5.70. The molecule has 0 radical (unpaired) electrons. The average Bonchev–Trinajstić information content (AvgIpc) is 3.30. The van der Waals surface area contributed by atoms with E-state index in [2.05, 4.69) is 6.92 Å². The van der Waals surface area contributed by atoms with Crippen LogP contribution in [0.2, 0.25) is 0 Å². The van der Waals surface area contributed by atoms with Gasteiger partial charge in [-0.2, -0.15) is 0 Å². The van der Waals surface area contributed by atoms with Gasteiger partial charge in [-0.05, 0) is 48.7 Å². The van der Waals surface area contributed by atoms with Crippen LogP contribution in [0, 0.1) is 5.82 Å². The Labute approximate surface area is 240 Å². The molecule has 1 atom stereocenters. The van der Waals surface area contributed by atoms with Crippen LogP contribution in [0.5, 0.6) is 5.75 Å². The number of cyclic esters (lactones) is 1. The topological polar surface area (TPSA) is 94.5 Å². The minimum absolute atomic E-state index is 0. The van der Waals surface area contributed by atoms with Crippen LogP contribution in [0.4, 0.5) is 4.39 Å². The summed E-state index contributed by atoms with van der Waals surface area (Å²) in [6, 6.07) is 10.6. The zero-order chi connectivity index (χ0) is 27.3. The molecule has 1 N–H and O–H groups in total. The Hall–Kier alpha value is -3.63. The molecule has 0 spiro atoms. The molecule has 3 aromatic heterocycles. The van der Waals surface area contributed by atoms with Crippen LogP contribution in [-0.2, 0) is 41.2 Å². The smallest absolute Gasteiger partial charge is 0.343 e. The number of halogens is 2. The number of aromatic nitrogens is 3.